The van der Waals surface area contributed by atoms with Crippen LogP contribution in [-0.2, 0) is 9.53 Å². The molecule has 5 nitrogen and oxygen atoms in total. The van der Waals surface area contributed by atoms with E-state index in [2.05, 4.69) is 15.5 Å². The number of morpholine rings is 1. The molecule has 2 fully saturated rings. The maximum atomic E-state index is 11.8. The van der Waals surface area contributed by atoms with Crippen LogP contribution in [0.1, 0.15) is 12.8 Å². The second-order valence-electron chi connectivity index (χ2n) is 5.77. The van der Waals surface area contributed by atoms with Crippen molar-refractivity contribution in [2.24, 2.45) is 0 Å². The van der Waals surface area contributed by atoms with Gasteiger partial charge in [0.1, 0.15) is 0 Å². The molecule has 0 aliphatic carbocycles. The van der Waals surface area contributed by atoms with Gasteiger partial charge >= 0.3 is 0 Å². The third kappa shape index (κ3) is 3.95. The number of hydrogen-bond acceptors (Lipinski definition) is 4. The van der Waals surface area contributed by atoms with Gasteiger partial charge in [0.15, 0.2) is 0 Å². The first kappa shape index (κ1) is 14.4. The molecule has 3 rings (SSSR count). The fourth-order valence-corrected chi connectivity index (χ4v) is 3.04. The van der Waals surface area contributed by atoms with Crippen LogP contribution in [-0.4, -0.2) is 55.7 Å². The van der Waals surface area contributed by atoms with Gasteiger partial charge in [0.2, 0.25) is 5.91 Å². The Morgan fingerprint density at radius 3 is 3.05 bits per heavy atom. The van der Waals surface area contributed by atoms with Crippen LogP contribution in [0.5, 0.6) is 0 Å². The lowest BCUT2D eigenvalue weighted by atomic mass is 10.2. The standard InChI is InChI=1S/C16H23N3O2/c20-16(10-17-13-5-2-1-3-6-13)18-9-15-11-19-8-4-7-14(19)12-21-15/h1-3,5-6,14-15,17H,4,7-12H2,(H,18,20). The van der Waals surface area contributed by atoms with Crippen LogP contribution in [0.4, 0.5) is 5.69 Å². The molecule has 2 unspecified atom stereocenters. The van der Waals surface area contributed by atoms with Crippen molar-refractivity contribution in [3.63, 3.8) is 0 Å². The van der Waals surface area contributed by atoms with Crippen molar-refractivity contribution in [2.75, 3.05) is 38.1 Å². The molecule has 2 saturated heterocycles. The number of fused-ring (bicyclic) bond motifs is 1. The molecule has 2 N–H and O–H groups in total. The smallest absolute Gasteiger partial charge is 0.239 e. The summed E-state index contributed by atoms with van der Waals surface area (Å²) in [6, 6.07) is 10.4. The minimum atomic E-state index is 0.00555. The third-order valence-electron chi connectivity index (χ3n) is 4.22. The van der Waals surface area contributed by atoms with Crippen LogP contribution in [0, 0.1) is 0 Å². The third-order valence-corrected chi connectivity index (χ3v) is 4.22. The van der Waals surface area contributed by atoms with E-state index in [4.69, 9.17) is 4.74 Å². The normalized spacial score (nSPS) is 25.3. The minimum absolute atomic E-state index is 0.00555. The molecule has 2 aliphatic rings. The summed E-state index contributed by atoms with van der Waals surface area (Å²) in [7, 11) is 0. The lowest BCUT2D eigenvalue weighted by Crippen LogP contribution is -2.50. The topological polar surface area (TPSA) is 53.6 Å². The van der Waals surface area contributed by atoms with Crippen molar-refractivity contribution in [3.8, 4) is 0 Å². The second kappa shape index (κ2) is 6.91. The molecular formula is C16H23N3O2. The van der Waals surface area contributed by atoms with Crippen molar-refractivity contribution in [1.82, 2.24) is 10.2 Å². The van der Waals surface area contributed by atoms with Gasteiger partial charge in [0.05, 0.1) is 19.3 Å². The van der Waals surface area contributed by atoms with Crippen LogP contribution in [0.15, 0.2) is 30.3 Å². The summed E-state index contributed by atoms with van der Waals surface area (Å²) in [6.07, 6.45) is 2.65. The molecule has 2 atom stereocenters. The lowest BCUT2D eigenvalue weighted by molar-refractivity contribution is -0.120. The van der Waals surface area contributed by atoms with Gasteiger partial charge in [-0.1, -0.05) is 18.2 Å². The van der Waals surface area contributed by atoms with E-state index in [-0.39, 0.29) is 12.0 Å². The Kier molecular flexibility index (Phi) is 4.72. The van der Waals surface area contributed by atoms with Crippen LogP contribution in [0.2, 0.25) is 0 Å². The second-order valence-corrected chi connectivity index (χ2v) is 5.77. The van der Waals surface area contributed by atoms with Gasteiger partial charge in [-0.3, -0.25) is 9.69 Å². The molecule has 5 heteroatoms. The summed E-state index contributed by atoms with van der Waals surface area (Å²) < 4.78 is 5.83. The number of nitrogens with one attached hydrogen (secondary N) is 2. The molecule has 2 heterocycles. The SMILES string of the molecule is O=C(CNc1ccccc1)NCC1CN2CCCC2CO1. The Bertz CT molecular complexity index is 466. The number of anilines is 1. The van der Waals surface area contributed by atoms with Gasteiger partial charge in [-0.2, -0.15) is 0 Å². The summed E-state index contributed by atoms with van der Waals surface area (Å²) in [6.45, 7) is 3.81. The minimum Gasteiger partial charge on any atom is -0.376 e. The number of para-hydroxylation sites is 1. The maximum absolute atomic E-state index is 11.8. The number of benzene rings is 1. The van der Waals surface area contributed by atoms with Crippen LogP contribution < -0.4 is 10.6 Å². The van der Waals surface area contributed by atoms with Crippen LogP contribution in [0.25, 0.3) is 0 Å². The highest BCUT2D eigenvalue weighted by molar-refractivity contribution is 5.80. The highest BCUT2D eigenvalue weighted by atomic mass is 16.5. The Hall–Kier alpha value is -1.59. The summed E-state index contributed by atoms with van der Waals surface area (Å²) >= 11 is 0. The number of ether oxygens (including phenoxy) is 1. The fraction of sp³-hybridized carbons (Fsp3) is 0.562. The molecule has 0 bridgehead atoms. The molecule has 2 aliphatic heterocycles. The van der Waals surface area contributed by atoms with Gasteiger partial charge in [-0.25, -0.2) is 0 Å². The van der Waals surface area contributed by atoms with Crippen molar-refractivity contribution >= 4 is 11.6 Å². The zero-order valence-electron chi connectivity index (χ0n) is 12.3. The average Bonchev–Trinajstić information content (AvgIpc) is 2.99. The summed E-state index contributed by atoms with van der Waals surface area (Å²) in [5, 5.41) is 6.06. The number of carbonyl (C=O) groups is 1. The zero-order chi connectivity index (χ0) is 14.5. The summed E-state index contributed by atoms with van der Waals surface area (Å²) in [5.74, 6) is 0.00555. The monoisotopic (exact) mass is 289 g/mol. The maximum Gasteiger partial charge on any atom is 0.239 e. The highest BCUT2D eigenvalue weighted by Crippen LogP contribution is 2.22. The highest BCUT2D eigenvalue weighted by Gasteiger charge is 2.32. The number of hydrogen-bond donors (Lipinski definition) is 2. The Morgan fingerprint density at radius 1 is 1.33 bits per heavy atom. The Balaban J connectivity index is 1.36. The fourth-order valence-electron chi connectivity index (χ4n) is 3.04. The molecule has 114 valence electrons. The van der Waals surface area contributed by atoms with Crippen LogP contribution in [0.3, 0.4) is 0 Å². The van der Waals surface area contributed by atoms with Crippen molar-refractivity contribution in [2.45, 2.75) is 25.0 Å². The lowest BCUT2D eigenvalue weighted by Gasteiger charge is -2.35. The quantitative estimate of drug-likeness (QED) is 0.851. The zero-order valence-corrected chi connectivity index (χ0v) is 12.3. The first-order valence-electron chi connectivity index (χ1n) is 7.72. The van der Waals surface area contributed by atoms with Crippen LogP contribution >= 0.6 is 0 Å². The molecule has 1 aromatic carbocycles. The largest absolute Gasteiger partial charge is 0.376 e. The number of rotatable bonds is 5. The Labute approximate surface area is 125 Å². The van der Waals surface area contributed by atoms with E-state index in [1.165, 1.54) is 19.4 Å². The van der Waals surface area contributed by atoms with Gasteiger partial charge in [-0.15, -0.1) is 0 Å². The van der Waals surface area contributed by atoms with Gasteiger partial charge < -0.3 is 15.4 Å². The van der Waals surface area contributed by atoms with E-state index < -0.39 is 0 Å². The van der Waals surface area contributed by atoms with Crippen molar-refractivity contribution < 1.29 is 9.53 Å². The molecule has 0 spiro atoms. The molecular weight excluding hydrogens is 266 g/mol. The van der Waals surface area contributed by atoms with Gasteiger partial charge in [0, 0.05) is 24.8 Å². The van der Waals surface area contributed by atoms with Gasteiger partial charge in [0.25, 0.3) is 0 Å². The predicted octanol–water partition coefficient (Wildman–Crippen LogP) is 1.08. The predicted molar refractivity (Wildman–Crippen MR) is 82.3 cm³/mol. The van der Waals surface area contributed by atoms with Crippen molar-refractivity contribution in [1.29, 1.82) is 0 Å². The molecule has 1 amide bonds. The first-order chi connectivity index (χ1) is 10.3. The van der Waals surface area contributed by atoms with E-state index in [1.807, 2.05) is 30.3 Å². The van der Waals surface area contributed by atoms with E-state index in [9.17, 15) is 4.79 Å². The van der Waals surface area contributed by atoms with Crippen molar-refractivity contribution in [3.05, 3.63) is 30.3 Å². The van der Waals surface area contributed by atoms with E-state index in [0.29, 0.717) is 19.1 Å². The summed E-state index contributed by atoms with van der Waals surface area (Å²) in [5.41, 5.74) is 0.960. The average molecular weight is 289 g/mol. The molecule has 21 heavy (non-hydrogen) atoms. The van der Waals surface area contributed by atoms with Gasteiger partial charge in [-0.05, 0) is 31.5 Å². The van der Waals surface area contributed by atoms with E-state index in [1.54, 1.807) is 0 Å². The van der Waals surface area contributed by atoms with E-state index >= 15 is 0 Å². The molecule has 1 aromatic rings. The molecule has 0 radical (unpaired) electrons. The summed E-state index contributed by atoms with van der Waals surface area (Å²) in [4.78, 5) is 14.3. The van der Waals surface area contributed by atoms with E-state index in [0.717, 1.165) is 18.8 Å². The molecule has 0 aromatic heterocycles. The Morgan fingerprint density at radius 2 is 2.19 bits per heavy atom. The number of nitrogens with zero attached hydrogens (tertiary/aromatic N) is 1. The number of amides is 1. The first-order valence-corrected chi connectivity index (χ1v) is 7.72. The molecule has 0 saturated carbocycles. The number of carbonyl (C=O) groups excluding carboxylic acids is 1.